The molecule has 9 heteroatoms. The Morgan fingerprint density at radius 2 is 2.12 bits per heavy atom. The van der Waals surface area contributed by atoms with E-state index in [1.54, 1.807) is 13.0 Å². The number of carbonyl (C=O) groups excluding carboxylic acids is 2. The molecule has 0 aliphatic heterocycles. The van der Waals surface area contributed by atoms with Gasteiger partial charge in [0.1, 0.15) is 17.9 Å². The van der Waals surface area contributed by atoms with Crippen molar-refractivity contribution in [2.24, 2.45) is 22.5 Å². The molecule has 2 N–H and O–H groups in total. The maximum Gasteiger partial charge on any atom is 0.341 e. The average Bonchev–Trinajstić information content (AvgIpc) is 3.12. The number of alkyl halides is 1. The number of nitroso groups, excluding NO2 is 1. The van der Waals surface area contributed by atoms with Gasteiger partial charge in [-0.3, -0.25) is 0 Å². The van der Waals surface area contributed by atoms with Crippen molar-refractivity contribution in [3.8, 4) is 5.75 Å². The summed E-state index contributed by atoms with van der Waals surface area (Å²) in [6.45, 7) is 3.75. The van der Waals surface area contributed by atoms with Gasteiger partial charge in [-0.15, -0.1) is 16.5 Å². The zero-order valence-corrected chi connectivity index (χ0v) is 19.9. The standard InChI is InChI=1S/C24H32ClN3O5/c1-14(26-23(31)28(27-32)12-11-25)22(30)33-21-8-7-20-19-5-3-15-13-16(29)4-6-17(15)18(19)9-10-24(20,21)2/h4,6,13-14,18-21,29H,3,5,7-12H2,1-2H3,(H,26,31). The van der Waals surface area contributed by atoms with Gasteiger partial charge in [-0.1, -0.05) is 13.0 Å². The minimum atomic E-state index is -0.898. The molecule has 0 aromatic heterocycles. The Hall–Kier alpha value is -2.35. The van der Waals surface area contributed by atoms with Crippen LogP contribution in [0.3, 0.4) is 0 Å². The van der Waals surface area contributed by atoms with Crippen molar-refractivity contribution in [1.29, 1.82) is 0 Å². The van der Waals surface area contributed by atoms with Crippen molar-refractivity contribution in [3.63, 3.8) is 0 Å². The SMILES string of the molecule is CC(NC(=O)N(CCCl)N=O)C(=O)OC1CCC2C3CCc4cc(O)ccc4C3CCC12C. The molecule has 6 atom stereocenters. The van der Waals surface area contributed by atoms with Crippen molar-refractivity contribution in [2.45, 2.75) is 70.4 Å². The number of esters is 1. The van der Waals surface area contributed by atoms with Crippen LogP contribution in [-0.4, -0.2) is 46.7 Å². The first kappa shape index (κ1) is 23.8. The van der Waals surface area contributed by atoms with E-state index in [0.717, 1.165) is 38.5 Å². The number of aromatic hydroxyl groups is 1. The molecule has 2 amide bonds. The minimum absolute atomic E-state index is 0.0354. The summed E-state index contributed by atoms with van der Waals surface area (Å²) in [4.78, 5) is 35.7. The van der Waals surface area contributed by atoms with Crippen LogP contribution in [-0.2, 0) is 16.0 Å². The molecule has 3 aliphatic rings. The predicted octanol–water partition coefficient (Wildman–Crippen LogP) is 4.48. The number of hydrogen-bond acceptors (Lipinski definition) is 6. The molecule has 0 spiro atoms. The maximum absolute atomic E-state index is 12.8. The van der Waals surface area contributed by atoms with Gasteiger partial charge in [0.05, 0.1) is 11.8 Å². The van der Waals surface area contributed by atoms with Gasteiger partial charge in [0.2, 0.25) is 0 Å². The van der Waals surface area contributed by atoms with Crippen molar-refractivity contribution >= 4 is 23.6 Å². The van der Waals surface area contributed by atoms with Crippen LogP contribution >= 0.6 is 11.6 Å². The van der Waals surface area contributed by atoms with Gasteiger partial charge in [0.15, 0.2) is 0 Å². The third-order valence-electron chi connectivity index (χ3n) is 8.20. The highest BCUT2D eigenvalue weighted by Crippen LogP contribution is 2.61. The summed E-state index contributed by atoms with van der Waals surface area (Å²) >= 11 is 5.57. The van der Waals surface area contributed by atoms with Gasteiger partial charge in [-0.2, -0.15) is 5.01 Å². The fourth-order valence-electron chi connectivity index (χ4n) is 6.53. The first-order valence-corrected chi connectivity index (χ1v) is 12.3. The van der Waals surface area contributed by atoms with Crippen LogP contribution in [0.1, 0.15) is 63.0 Å². The van der Waals surface area contributed by atoms with E-state index in [-0.39, 0.29) is 23.9 Å². The molecule has 2 saturated carbocycles. The quantitative estimate of drug-likeness (QED) is 0.272. The summed E-state index contributed by atoms with van der Waals surface area (Å²) in [7, 11) is 0. The molecule has 0 saturated heterocycles. The Balaban J connectivity index is 1.41. The van der Waals surface area contributed by atoms with E-state index in [9.17, 15) is 19.6 Å². The monoisotopic (exact) mass is 477 g/mol. The van der Waals surface area contributed by atoms with Crippen LogP contribution in [0.2, 0.25) is 0 Å². The highest BCUT2D eigenvalue weighted by molar-refractivity contribution is 6.18. The molecular formula is C24H32ClN3O5. The van der Waals surface area contributed by atoms with Crippen LogP contribution in [0.15, 0.2) is 23.5 Å². The number of benzene rings is 1. The molecule has 8 nitrogen and oxygen atoms in total. The summed E-state index contributed by atoms with van der Waals surface area (Å²) in [5.41, 5.74) is 2.54. The second kappa shape index (κ2) is 9.49. The van der Waals surface area contributed by atoms with Gasteiger partial charge in [0, 0.05) is 11.3 Å². The zero-order chi connectivity index (χ0) is 23.8. The summed E-state index contributed by atoms with van der Waals surface area (Å²) in [5, 5.41) is 15.6. The summed E-state index contributed by atoms with van der Waals surface area (Å²) in [5.74, 6) is 1.40. The fraction of sp³-hybridized carbons (Fsp3) is 0.667. The van der Waals surface area contributed by atoms with E-state index < -0.39 is 18.0 Å². The molecule has 33 heavy (non-hydrogen) atoms. The van der Waals surface area contributed by atoms with Crippen LogP contribution in [0.5, 0.6) is 5.75 Å². The number of phenols is 1. The Morgan fingerprint density at radius 3 is 2.85 bits per heavy atom. The molecule has 6 unspecified atom stereocenters. The third-order valence-corrected chi connectivity index (χ3v) is 8.37. The number of carbonyl (C=O) groups is 2. The average molecular weight is 478 g/mol. The van der Waals surface area contributed by atoms with E-state index in [2.05, 4.69) is 23.6 Å². The number of nitrogens with one attached hydrogen (secondary N) is 1. The van der Waals surface area contributed by atoms with Crippen molar-refractivity contribution in [2.75, 3.05) is 12.4 Å². The van der Waals surface area contributed by atoms with Gasteiger partial charge >= 0.3 is 12.0 Å². The fourth-order valence-corrected chi connectivity index (χ4v) is 6.69. The number of hydrogen-bond donors (Lipinski definition) is 2. The molecule has 0 heterocycles. The lowest BCUT2D eigenvalue weighted by atomic mass is 9.55. The lowest BCUT2D eigenvalue weighted by Crippen LogP contribution is -2.49. The van der Waals surface area contributed by atoms with Crippen LogP contribution in [0.25, 0.3) is 0 Å². The molecule has 180 valence electrons. The molecule has 3 aliphatic carbocycles. The highest BCUT2D eigenvalue weighted by Gasteiger charge is 2.56. The second-order valence-corrected chi connectivity index (χ2v) is 10.3. The molecule has 2 fully saturated rings. The summed E-state index contributed by atoms with van der Waals surface area (Å²) < 4.78 is 5.94. The number of fused-ring (bicyclic) bond motifs is 5. The van der Waals surface area contributed by atoms with Crippen molar-refractivity contribution in [1.82, 2.24) is 10.3 Å². The van der Waals surface area contributed by atoms with Gasteiger partial charge in [0.25, 0.3) is 0 Å². The second-order valence-electron chi connectivity index (χ2n) is 9.91. The van der Waals surface area contributed by atoms with Gasteiger partial charge in [-0.05, 0) is 86.5 Å². The number of phenolic OH excluding ortho intramolecular Hbond substituents is 1. The zero-order valence-electron chi connectivity index (χ0n) is 19.1. The Bertz CT molecular complexity index is 927. The van der Waals surface area contributed by atoms with Crippen molar-refractivity contribution in [3.05, 3.63) is 34.2 Å². The number of aryl methyl sites for hydroxylation is 1. The molecular weight excluding hydrogens is 446 g/mol. The highest BCUT2D eigenvalue weighted by atomic mass is 35.5. The molecule has 1 aromatic carbocycles. The largest absolute Gasteiger partial charge is 0.508 e. The molecule has 0 radical (unpaired) electrons. The van der Waals surface area contributed by atoms with E-state index >= 15 is 0 Å². The first-order chi connectivity index (χ1) is 15.8. The predicted molar refractivity (Wildman–Crippen MR) is 124 cm³/mol. The van der Waals surface area contributed by atoms with Crippen LogP contribution in [0.4, 0.5) is 4.79 Å². The lowest BCUT2D eigenvalue weighted by Gasteiger charge is -2.50. The molecule has 4 rings (SSSR count). The van der Waals surface area contributed by atoms with Gasteiger partial charge < -0.3 is 15.2 Å². The smallest absolute Gasteiger partial charge is 0.341 e. The number of halogens is 1. The Kier molecular flexibility index (Phi) is 6.84. The Morgan fingerprint density at radius 1 is 1.33 bits per heavy atom. The third kappa shape index (κ3) is 4.42. The Labute approximate surface area is 198 Å². The van der Waals surface area contributed by atoms with E-state index in [0.29, 0.717) is 28.5 Å². The number of nitrogens with zero attached hydrogens (tertiary/aromatic N) is 2. The topological polar surface area (TPSA) is 108 Å². The van der Waals surface area contributed by atoms with Crippen LogP contribution < -0.4 is 5.32 Å². The molecule has 0 bridgehead atoms. The number of urea groups is 1. The minimum Gasteiger partial charge on any atom is -0.508 e. The van der Waals surface area contributed by atoms with E-state index in [4.69, 9.17) is 16.3 Å². The number of ether oxygens (including phenoxy) is 1. The van der Waals surface area contributed by atoms with Crippen LogP contribution in [0, 0.1) is 22.2 Å². The van der Waals surface area contributed by atoms with Crippen molar-refractivity contribution < 1.29 is 19.4 Å². The summed E-state index contributed by atoms with van der Waals surface area (Å²) in [6, 6.07) is 4.12. The lowest BCUT2D eigenvalue weighted by molar-refractivity contribution is -0.159. The number of amides is 2. The van der Waals surface area contributed by atoms with E-state index in [1.165, 1.54) is 11.1 Å². The number of rotatable bonds is 6. The molecule has 1 aromatic rings. The summed E-state index contributed by atoms with van der Waals surface area (Å²) in [6.07, 6.45) is 5.69. The first-order valence-electron chi connectivity index (χ1n) is 11.8. The van der Waals surface area contributed by atoms with Gasteiger partial charge in [-0.25, -0.2) is 9.59 Å². The van der Waals surface area contributed by atoms with E-state index in [1.807, 2.05) is 6.07 Å². The maximum atomic E-state index is 12.8. The normalized spacial score (nSPS) is 30.9.